The lowest BCUT2D eigenvalue weighted by molar-refractivity contribution is 1.06. The van der Waals surface area contributed by atoms with E-state index in [1.54, 1.807) is 17.5 Å². The van der Waals surface area contributed by atoms with Gasteiger partial charge in [-0.25, -0.2) is 20.8 Å². The topological polar surface area (TPSA) is 76.7 Å². The van der Waals surface area contributed by atoms with Crippen LogP contribution in [0.3, 0.4) is 0 Å². The molecular formula is C13H12ClN5S2. The Labute approximate surface area is 134 Å². The van der Waals surface area contributed by atoms with Gasteiger partial charge in [0, 0.05) is 16.5 Å². The van der Waals surface area contributed by atoms with E-state index >= 15 is 0 Å². The number of nitrogens with two attached hydrogens (primary N) is 1. The van der Waals surface area contributed by atoms with Gasteiger partial charge in [-0.15, -0.1) is 11.3 Å². The molecule has 3 aromatic rings. The predicted molar refractivity (Wildman–Crippen MR) is 88.0 cm³/mol. The maximum absolute atomic E-state index is 5.86. The Morgan fingerprint density at radius 2 is 2.24 bits per heavy atom. The molecule has 0 bridgehead atoms. The number of halogens is 1. The van der Waals surface area contributed by atoms with E-state index in [0.29, 0.717) is 11.0 Å². The highest BCUT2D eigenvalue weighted by atomic mass is 35.5. The van der Waals surface area contributed by atoms with Crippen molar-refractivity contribution in [2.24, 2.45) is 5.84 Å². The van der Waals surface area contributed by atoms with Crippen LogP contribution in [-0.2, 0) is 6.42 Å². The number of hydrazine groups is 1. The van der Waals surface area contributed by atoms with Gasteiger partial charge in [0.15, 0.2) is 0 Å². The molecule has 21 heavy (non-hydrogen) atoms. The fourth-order valence-electron chi connectivity index (χ4n) is 1.78. The average molecular weight is 338 g/mol. The van der Waals surface area contributed by atoms with Crippen LogP contribution in [0, 0.1) is 0 Å². The molecule has 3 heterocycles. The van der Waals surface area contributed by atoms with Gasteiger partial charge in [0.1, 0.15) is 14.9 Å². The first-order valence-corrected chi connectivity index (χ1v) is 8.27. The number of thiophene rings is 1. The van der Waals surface area contributed by atoms with Gasteiger partial charge in [0.2, 0.25) is 5.95 Å². The Morgan fingerprint density at radius 3 is 2.90 bits per heavy atom. The molecule has 0 aliphatic carbocycles. The van der Waals surface area contributed by atoms with Gasteiger partial charge in [-0.1, -0.05) is 18.5 Å². The van der Waals surface area contributed by atoms with Gasteiger partial charge in [-0.3, -0.25) is 5.43 Å². The molecule has 0 atom stereocenters. The van der Waals surface area contributed by atoms with Crippen molar-refractivity contribution in [2.75, 3.05) is 5.43 Å². The fraction of sp³-hybridized carbons (Fsp3) is 0.154. The van der Waals surface area contributed by atoms with Crippen molar-refractivity contribution in [3.05, 3.63) is 34.3 Å². The first kappa shape index (κ1) is 14.5. The van der Waals surface area contributed by atoms with Crippen LogP contribution in [0.1, 0.15) is 11.8 Å². The summed E-state index contributed by atoms with van der Waals surface area (Å²) in [6.45, 7) is 2.12. The Balaban J connectivity index is 2.06. The van der Waals surface area contributed by atoms with Crippen LogP contribution in [0.5, 0.6) is 0 Å². The lowest BCUT2D eigenvalue weighted by atomic mass is 10.3. The number of hydrogen-bond donors (Lipinski definition) is 2. The maximum atomic E-state index is 5.86. The Morgan fingerprint density at radius 1 is 1.38 bits per heavy atom. The van der Waals surface area contributed by atoms with Crippen LogP contribution in [0.2, 0.25) is 5.02 Å². The maximum Gasteiger partial charge on any atom is 0.239 e. The van der Waals surface area contributed by atoms with E-state index in [-0.39, 0.29) is 0 Å². The summed E-state index contributed by atoms with van der Waals surface area (Å²) in [6, 6.07) is 5.80. The standard InChI is InChI=1S/C13H12ClN5S2/c1-2-8-5-9-11(20-8)17-13(19-15)18-12(9)21-10-4-3-7(14)6-16-10/h3-6H,2,15H2,1H3,(H,17,18,19). The summed E-state index contributed by atoms with van der Waals surface area (Å²) in [5.41, 5.74) is 2.51. The molecule has 0 aliphatic rings. The summed E-state index contributed by atoms with van der Waals surface area (Å²) in [5.74, 6) is 5.86. The first-order valence-electron chi connectivity index (χ1n) is 6.26. The van der Waals surface area contributed by atoms with Gasteiger partial charge < -0.3 is 0 Å². The summed E-state index contributed by atoms with van der Waals surface area (Å²) in [4.78, 5) is 15.3. The highest BCUT2D eigenvalue weighted by molar-refractivity contribution is 7.99. The van der Waals surface area contributed by atoms with E-state index in [1.165, 1.54) is 16.6 Å². The normalized spacial score (nSPS) is 11.0. The highest BCUT2D eigenvalue weighted by Crippen LogP contribution is 2.35. The summed E-state index contributed by atoms with van der Waals surface area (Å²) in [7, 11) is 0. The molecule has 0 unspecified atom stereocenters. The summed E-state index contributed by atoms with van der Waals surface area (Å²) in [5, 5.41) is 3.29. The van der Waals surface area contributed by atoms with Crippen molar-refractivity contribution >= 4 is 50.9 Å². The number of anilines is 1. The SMILES string of the molecule is CCc1cc2c(Sc3ccc(Cl)cn3)nc(NN)nc2s1. The van der Waals surface area contributed by atoms with Crippen molar-refractivity contribution in [3.8, 4) is 0 Å². The fourth-order valence-corrected chi connectivity index (χ4v) is 3.76. The van der Waals surface area contributed by atoms with Gasteiger partial charge in [-0.05, 0) is 36.4 Å². The molecule has 5 nitrogen and oxygen atoms in total. The van der Waals surface area contributed by atoms with Crippen molar-refractivity contribution in [2.45, 2.75) is 23.4 Å². The smallest absolute Gasteiger partial charge is 0.239 e. The number of hydrogen-bond acceptors (Lipinski definition) is 7. The minimum Gasteiger partial charge on any atom is -0.292 e. The second-order valence-corrected chi connectivity index (χ2v) is 6.76. The number of nitrogens with one attached hydrogen (secondary N) is 1. The summed E-state index contributed by atoms with van der Waals surface area (Å²) < 4.78 is 0. The van der Waals surface area contributed by atoms with Crippen molar-refractivity contribution < 1.29 is 0 Å². The van der Waals surface area contributed by atoms with Crippen molar-refractivity contribution in [3.63, 3.8) is 0 Å². The Bertz CT molecular complexity index is 772. The summed E-state index contributed by atoms with van der Waals surface area (Å²) >= 11 is 8.98. The minimum atomic E-state index is 0.406. The molecule has 0 saturated heterocycles. The molecule has 0 spiro atoms. The molecule has 3 N–H and O–H groups in total. The Kier molecular flexibility index (Phi) is 4.25. The van der Waals surface area contributed by atoms with E-state index in [4.69, 9.17) is 17.4 Å². The quantitative estimate of drug-likeness (QED) is 0.429. The Hall–Kier alpha value is -1.41. The van der Waals surface area contributed by atoms with E-state index in [1.807, 2.05) is 12.1 Å². The molecule has 8 heteroatoms. The molecule has 0 aromatic carbocycles. The minimum absolute atomic E-state index is 0.406. The third kappa shape index (κ3) is 3.11. The molecule has 3 aromatic heterocycles. The van der Waals surface area contributed by atoms with Crippen LogP contribution < -0.4 is 11.3 Å². The van der Waals surface area contributed by atoms with Crippen LogP contribution >= 0.6 is 34.7 Å². The van der Waals surface area contributed by atoms with Crippen LogP contribution in [-0.4, -0.2) is 15.0 Å². The number of nitrogens with zero attached hydrogens (tertiary/aromatic N) is 3. The number of aryl methyl sites for hydroxylation is 1. The molecule has 108 valence electrons. The molecule has 0 fully saturated rings. The second-order valence-electron chi connectivity index (χ2n) is 4.20. The van der Waals surface area contributed by atoms with Gasteiger partial charge in [0.05, 0.1) is 5.02 Å². The molecule has 0 radical (unpaired) electrons. The largest absolute Gasteiger partial charge is 0.292 e. The second kappa shape index (κ2) is 6.15. The third-order valence-corrected chi connectivity index (χ3v) is 5.14. The number of fused-ring (bicyclic) bond motifs is 1. The number of aromatic nitrogens is 3. The molecule has 0 saturated carbocycles. The molecule has 3 rings (SSSR count). The summed E-state index contributed by atoms with van der Waals surface area (Å²) in [6.07, 6.45) is 2.59. The predicted octanol–water partition coefficient (Wildman–Crippen LogP) is 3.74. The van der Waals surface area contributed by atoms with Crippen LogP contribution in [0.25, 0.3) is 10.2 Å². The van der Waals surface area contributed by atoms with Crippen molar-refractivity contribution in [1.29, 1.82) is 0 Å². The average Bonchev–Trinajstić information content (AvgIpc) is 2.92. The zero-order chi connectivity index (χ0) is 14.8. The van der Waals surface area contributed by atoms with Gasteiger partial charge in [0.25, 0.3) is 0 Å². The number of pyridine rings is 1. The molecular weight excluding hydrogens is 326 g/mol. The van der Waals surface area contributed by atoms with E-state index in [0.717, 1.165) is 26.7 Å². The molecule has 0 aliphatic heterocycles. The molecule has 0 amide bonds. The lowest BCUT2D eigenvalue weighted by Gasteiger charge is -2.04. The van der Waals surface area contributed by atoms with Crippen LogP contribution in [0.4, 0.5) is 5.95 Å². The number of rotatable bonds is 4. The zero-order valence-electron chi connectivity index (χ0n) is 11.1. The van der Waals surface area contributed by atoms with Gasteiger partial charge >= 0.3 is 0 Å². The van der Waals surface area contributed by atoms with E-state index < -0.39 is 0 Å². The first-order chi connectivity index (χ1) is 10.2. The van der Waals surface area contributed by atoms with Gasteiger partial charge in [-0.2, -0.15) is 0 Å². The van der Waals surface area contributed by atoms with Crippen LogP contribution in [0.15, 0.2) is 34.4 Å². The monoisotopic (exact) mass is 337 g/mol. The third-order valence-electron chi connectivity index (χ3n) is 2.79. The lowest BCUT2D eigenvalue weighted by Crippen LogP contribution is -2.10. The highest BCUT2D eigenvalue weighted by Gasteiger charge is 2.13. The van der Waals surface area contributed by atoms with Crippen molar-refractivity contribution in [1.82, 2.24) is 15.0 Å². The number of nitrogen functional groups attached to an aromatic ring is 1. The van der Waals surface area contributed by atoms with E-state index in [2.05, 4.69) is 33.4 Å². The zero-order valence-corrected chi connectivity index (χ0v) is 13.5. The van der Waals surface area contributed by atoms with E-state index in [9.17, 15) is 0 Å².